The van der Waals surface area contributed by atoms with E-state index in [1.165, 1.54) is 13.2 Å². The van der Waals surface area contributed by atoms with Gasteiger partial charge in [-0.3, -0.25) is 0 Å². The zero-order valence-corrected chi connectivity index (χ0v) is 9.29. The number of methoxy groups -OCH3 is 1. The minimum Gasteiger partial charge on any atom is -0.497 e. The van der Waals surface area contributed by atoms with Crippen molar-refractivity contribution < 1.29 is 9.13 Å². The summed E-state index contributed by atoms with van der Waals surface area (Å²) in [6, 6.07) is 5.10. The standard InChI is InChI=1S/C12H18FNO/c1-3-10(14)6-4-9-5-7-11(15-2)8-12(9)13/h5,7-8,10H,3-4,6,14H2,1-2H3. The highest BCUT2D eigenvalue weighted by Crippen LogP contribution is 2.17. The third-order valence-electron chi connectivity index (χ3n) is 2.57. The highest BCUT2D eigenvalue weighted by atomic mass is 19.1. The molecule has 1 rings (SSSR count). The lowest BCUT2D eigenvalue weighted by molar-refractivity contribution is 0.410. The van der Waals surface area contributed by atoms with Gasteiger partial charge in [-0.15, -0.1) is 0 Å². The van der Waals surface area contributed by atoms with Gasteiger partial charge in [-0.25, -0.2) is 4.39 Å². The Hall–Kier alpha value is -1.09. The third kappa shape index (κ3) is 3.51. The van der Waals surface area contributed by atoms with Crippen LogP contribution >= 0.6 is 0 Å². The van der Waals surface area contributed by atoms with E-state index < -0.39 is 0 Å². The predicted molar refractivity (Wildman–Crippen MR) is 59.5 cm³/mol. The molecule has 2 nitrogen and oxygen atoms in total. The Morgan fingerprint density at radius 3 is 2.73 bits per heavy atom. The van der Waals surface area contributed by atoms with Gasteiger partial charge < -0.3 is 10.5 Å². The van der Waals surface area contributed by atoms with Crippen LogP contribution in [0.25, 0.3) is 0 Å². The monoisotopic (exact) mass is 211 g/mol. The van der Waals surface area contributed by atoms with Gasteiger partial charge in [0.1, 0.15) is 11.6 Å². The molecular formula is C12H18FNO. The zero-order valence-electron chi connectivity index (χ0n) is 9.29. The molecular weight excluding hydrogens is 193 g/mol. The fraction of sp³-hybridized carbons (Fsp3) is 0.500. The van der Waals surface area contributed by atoms with Crippen molar-refractivity contribution in [3.05, 3.63) is 29.6 Å². The van der Waals surface area contributed by atoms with Gasteiger partial charge in [-0.05, 0) is 30.9 Å². The number of nitrogens with two attached hydrogens (primary N) is 1. The van der Waals surface area contributed by atoms with Crippen molar-refractivity contribution in [1.29, 1.82) is 0 Å². The molecule has 0 aliphatic carbocycles. The van der Waals surface area contributed by atoms with Crippen LogP contribution in [-0.4, -0.2) is 13.2 Å². The molecule has 0 saturated carbocycles. The molecule has 1 aromatic carbocycles. The molecule has 2 N–H and O–H groups in total. The van der Waals surface area contributed by atoms with Gasteiger partial charge in [0, 0.05) is 12.1 Å². The van der Waals surface area contributed by atoms with E-state index >= 15 is 0 Å². The summed E-state index contributed by atoms with van der Waals surface area (Å²) in [4.78, 5) is 0. The lowest BCUT2D eigenvalue weighted by Crippen LogP contribution is -2.19. The van der Waals surface area contributed by atoms with Gasteiger partial charge in [0.25, 0.3) is 0 Å². The maximum atomic E-state index is 13.5. The summed E-state index contributed by atoms with van der Waals surface area (Å²) in [7, 11) is 1.53. The van der Waals surface area contributed by atoms with E-state index in [0.717, 1.165) is 12.8 Å². The molecule has 0 aliphatic rings. The molecule has 0 amide bonds. The summed E-state index contributed by atoms with van der Waals surface area (Å²) in [6.45, 7) is 2.04. The number of rotatable bonds is 5. The van der Waals surface area contributed by atoms with E-state index in [0.29, 0.717) is 17.7 Å². The summed E-state index contributed by atoms with van der Waals surface area (Å²) < 4.78 is 18.4. The van der Waals surface area contributed by atoms with Crippen LogP contribution in [0, 0.1) is 5.82 Å². The van der Waals surface area contributed by atoms with Crippen LogP contribution in [0.3, 0.4) is 0 Å². The van der Waals surface area contributed by atoms with Crippen molar-refractivity contribution in [1.82, 2.24) is 0 Å². The van der Waals surface area contributed by atoms with Gasteiger partial charge in [0.05, 0.1) is 7.11 Å². The fourth-order valence-electron chi connectivity index (χ4n) is 1.40. The average molecular weight is 211 g/mol. The normalized spacial score (nSPS) is 12.5. The van der Waals surface area contributed by atoms with Crippen LogP contribution in [0.5, 0.6) is 5.75 Å². The number of halogens is 1. The molecule has 1 aromatic rings. The Balaban J connectivity index is 2.62. The molecule has 1 atom stereocenters. The van der Waals surface area contributed by atoms with Crippen molar-refractivity contribution in [2.75, 3.05) is 7.11 Å². The predicted octanol–water partition coefficient (Wildman–Crippen LogP) is 2.50. The van der Waals surface area contributed by atoms with Crippen LogP contribution in [0.15, 0.2) is 18.2 Å². The van der Waals surface area contributed by atoms with Crippen LogP contribution < -0.4 is 10.5 Å². The van der Waals surface area contributed by atoms with Gasteiger partial charge in [-0.2, -0.15) is 0 Å². The Kier molecular flexibility index (Phi) is 4.56. The second-order valence-electron chi connectivity index (χ2n) is 3.66. The van der Waals surface area contributed by atoms with E-state index in [1.807, 2.05) is 6.92 Å². The highest BCUT2D eigenvalue weighted by Gasteiger charge is 2.06. The Bertz CT molecular complexity index is 314. The van der Waals surface area contributed by atoms with Gasteiger partial charge in [-0.1, -0.05) is 13.0 Å². The lowest BCUT2D eigenvalue weighted by Gasteiger charge is -2.09. The van der Waals surface area contributed by atoms with E-state index in [-0.39, 0.29) is 11.9 Å². The van der Waals surface area contributed by atoms with E-state index in [9.17, 15) is 4.39 Å². The molecule has 0 spiro atoms. The first-order valence-corrected chi connectivity index (χ1v) is 5.25. The summed E-state index contributed by atoms with van der Waals surface area (Å²) >= 11 is 0. The van der Waals surface area contributed by atoms with Crippen LogP contribution in [0.2, 0.25) is 0 Å². The maximum absolute atomic E-state index is 13.5. The second-order valence-corrected chi connectivity index (χ2v) is 3.66. The first-order chi connectivity index (χ1) is 7.17. The molecule has 15 heavy (non-hydrogen) atoms. The molecule has 0 heterocycles. The van der Waals surface area contributed by atoms with Gasteiger partial charge >= 0.3 is 0 Å². The minimum atomic E-state index is -0.211. The summed E-state index contributed by atoms with van der Waals surface area (Å²) in [5.74, 6) is 0.341. The fourth-order valence-corrected chi connectivity index (χ4v) is 1.40. The average Bonchev–Trinajstić information content (AvgIpc) is 2.26. The Labute approximate surface area is 90.2 Å². The summed E-state index contributed by atoms with van der Waals surface area (Å²) in [6.07, 6.45) is 2.43. The number of benzene rings is 1. The number of hydrogen-bond acceptors (Lipinski definition) is 2. The number of aryl methyl sites for hydroxylation is 1. The quantitative estimate of drug-likeness (QED) is 0.812. The van der Waals surface area contributed by atoms with Crippen molar-refractivity contribution in [3.8, 4) is 5.75 Å². The molecule has 0 bridgehead atoms. The van der Waals surface area contributed by atoms with E-state index in [1.54, 1.807) is 12.1 Å². The molecule has 0 aliphatic heterocycles. The molecule has 84 valence electrons. The Morgan fingerprint density at radius 1 is 1.47 bits per heavy atom. The third-order valence-corrected chi connectivity index (χ3v) is 2.57. The zero-order chi connectivity index (χ0) is 11.3. The van der Waals surface area contributed by atoms with Crippen molar-refractivity contribution >= 4 is 0 Å². The molecule has 0 fully saturated rings. The minimum absolute atomic E-state index is 0.159. The van der Waals surface area contributed by atoms with Crippen molar-refractivity contribution in [3.63, 3.8) is 0 Å². The second kappa shape index (κ2) is 5.71. The molecule has 0 radical (unpaired) electrons. The largest absolute Gasteiger partial charge is 0.497 e. The van der Waals surface area contributed by atoms with Crippen molar-refractivity contribution in [2.24, 2.45) is 5.73 Å². The lowest BCUT2D eigenvalue weighted by atomic mass is 10.0. The Morgan fingerprint density at radius 2 is 2.20 bits per heavy atom. The topological polar surface area (TPSA) is 35.2 Å². The van der Waals surface area contributed by atoms with Crippen molar-refractivity contribution in [2.45, 2.75) is 32.2 Å². The SMILES string of the molecule is CCC(N)CCc1ccc(OC)cc1F. The summed E-state index contributed by atoms with van der Waals surface area (Å²) in [5.41, 5.74) is 6.49. The van der Waals surface area contributed by atoms with E-state index in [2.05, 4.69) is 0 Å². The highest BCUT2D eigenvalue weighted by molar-refractivity contribution is 5.28. The molecule has 0 saturated heterocycles. The number of hydrogen-bond donors (Lipinski definition) is 1. The van der Waals surface area contributed by atoms with Crippen LogP contribution in [0.4, 0.5) is 4.39 Å². The van der Waals surface area contributed by atoms with Gasteiger partial charge in [0.2, 0.25) is 0 Å². The summed E-state index contributed by atoms with van der Waals surface area (Å²) in [5, 5.41) is 0. The molecule has 3 heteroatoms. The first-order valence-electron chi connectivity index (χ1n) is 5.25. The first kappa shape index (κ1) is 12.0. The van der Waals surface area contributed by atoms with Crippen LogP contribution in [0.1, 0.15) is 25.3 Å². The number of ether oxygens (including phenoxy) is 1. The smallest absolute Gasteiger partial charge is 0.130 e. The van der Waals surface area contributed by atoms with Crippen LogP contribution in [-0.2, 0) is 6.42 Å². The molecule has 1 unspecified atom stereocenters. The van der Waals surface area contributed by atoms with E-state index in [4.69, 9.17) is 10.5 Å². The molecule has 0 aromatic heterocycles. The maximum Gasteiger partial charge on any atom is 0.130 e. The van der Waals surface area contributed by atoms with Gasteiger partial charge in [0.15, 0.2) is 0 Å².